The summed E-state index contributed by atoms with van der Waals surface area (Å²) >= 11 is 1.36. The van der Waals surface area contributed by atoms with Crippen LogP contribution >= 0.6 is 11.3 Å². The summed E-state index contributed by atoms with van der Waals surface area (Å²) in [6.07, 6.45) is 0.372. The van der Waals surface area contributed by atoms with Gasteiger partial charge in [0.2, 0.25) is 11.8 Å². The van der Waals surface area contributed by atoms with Gasteiger partial charge in [-0.3, -0.25) is 14.4 Å². The van der Waals surface area contributed by atoms with E-state index >= 15 is 0 Å². The van der Waals surface area contributed by atoms with Gasteiger partial charge >= 0.3 is 0 Å². The fraction of sp³-hybridized carbons (Fsp3) is 0.208. The molecule has 1 heterocycles. The molecule has 160 valence electrons. The van der Waals surface area contributed by atoms with Gasteiger partial charge in [-0.05, 0) is 48.2 Å². The summed E-state index contributed by atoms with van der Waals surface area (Å²) in [5.41, 5.74) is 1.63. The molecule has 1 aromatic heterocycles. The van der Waals surface area contributed by atoms with E-state index in [0.717, 1.165) is 5.56 Å². The molecule has 6 nitrogen and oxygen atoms in total. The lowest BCUT2D eigenvalue weighted by molar-refractivity contribution is -0.121. The second-order valence-electron chi connectivity index (χ2n) is 6.96. The van der Waals surface area contributed by atoms with Crippen LogP contribution in [0.15, 0.2) is 66.0 Å². The topological polar surface area (TPSA) is 84.5 Å². The Morgan fingerprint density at radius 1 is 0.903 bits per heavy atom. The van der Waals surface area contributed by atoms with Crippen molar-refractivity contribution in [1.82, 2.24) is 5.32 Å². The zero-order valence-corrected chi connectivity index (χ0v) is 18.0. The van der Waals surface area contributed by atoms with E-state index in [1.165, 1.54) is 11.3 Å². The molecule has 2 N–H and O–H groups in total. The summed E-state index contributed by atoms with van der Waals surface area (Å²) in [5, 5.41) is 7.33. The number of carbonyl (C=O) groups excluding carboxylic acids is 3. The molecule has 0 unspecified atom stereocenters. The number of para-hydroxylation sites is 2. The molecule has 0 fully saturated rings. The lowest BCUT2D eigenvalue weighted by atomic mass is 10.2. The van der Waals surface area contributed by atoms with Gasteiger partial charge in [0, 0.05) is 25.8 Å². The number of ether oxygens (including phenoxy) is 1. The number of hydrogen-bond donors (Lipinski definition) is 2. The van der Waals surface area contributed by atoms with Gasteiger partial charge in [0.1, 0.15) is 5.75 Å². The Balaban J connectivity index is 1.43. The molecule has 0 spiro atoms. The first-order valence-electron chi connectivity index (χ1n) is 9.98. The molecule has 0 aliphatic rings. The Labute approximate surface area is 185 Å². The van der Waals surface area contributed by atoms with E-state index in [0.29, 0.717) is 22.1 Å². The summed E-state index contributed by atoms with van der Waals surface area (Å²) in [5.74, 6) is 0.688. The number of carbonyl (C=O) groups is 3. The van der Waals surface area contributed by atoms with E-state index in [4.69, 9.17) is 4.74 Å². The summed E-state index contributed by atoms with van der Waals surface area (Å²) in [4.78, 5) is 36.8. The first kappa shape index (κ1) is 22.2. The van der Waals surface area contributed by atoms with Crippen molar-refractivity contribution in [3.05, 3.63) is 76.5 Å². The highest BCUT2D eigenvalue weighted by atomic mass is 32.1. The van der Waals surface area contributed by atoms with Crippen molar-refractivity contribution in [3.8, 4) is 11.5 Å². The summed E-state index contributed by atoms with van der Waals surface area (Å²) < 4.78 is 5.90. The average Bonchev–Trinajstić information content (AvgIpc) is 3.28. The van der Waals surface area contributed by atoms with Crippen LogP contribution in [0.5, 0.6) is 11.5 Å². The third-order valence-corrected chi connectivity index (χ3v) is 5.34. The number of amides is 2. The average molecular weight is 437 g/mol. The third kappa shape index (κ3) is 7.08. The Kier molecular flexibility index (Phi) is 7.95. The van der Waals surface area contributed by atoms with E-state index in [-0.39, 0.29) is 43.4 Å². The van der Waals surface area contributed by atoms with Gasteiger partial charge < -0.3 is 15.4 Å². The van der Waals surface area contributed by atoms with Gasteiger partial charge in [0.05, 0.1) is 10.6 Å². The number of aryl methyl sites for hydroxylation is 1. The zero-order chi connectivity index (χ0) is 22.1. The molecule has 2 amide bonds. The van der Waals surface area contributed by atoms with Crippen molar-refractivity contribution < 1.29 is 19.1 Å². The zero-order valence-electron chi connectivity index (χ0n) is 17.2. The van der Waals surface area contributed by atoms with Crippen molar-refractivity contribution in [2.24, 2.45) is 0 Å². The number of benzene rings is 2. The van der Waals surface area contributed by atoms with Crippen LogP contribution in [0, 0.1) is 6.92 Å². The molecule has 31 heavy (non-hydrogen) atoms. The van der Waals surface area contributed by atoms with Crippen LogP contribution in [0.4, 0.5) is 5.69 Å². The third-order valence-electron chi connectivity index (χ3n) is 4.43. The van der Waals surface area contributed by atoms with Gasteiger partial charge in [0.25, 0.3) is 0 Å². The number of thiophene rings is 1. The van der Waals surface area contributed by atoms with Crippen LogP contribution in [0.3, 0.4) is 0 Å². The van der Waals surface area contributed by atoms with Crippen LogP contribution in [0.1, 0.15) is 34.5 Å². The van der Waals surface area contributed by atoms with Crippen molar-refractivity contribution in [3.63, 3.8) is 0 Å². The molecule has 0 aliphatic carbocycles. The molecule has 0 radical (unpaired) electrons. The fourth-order valence-corrected chi connectivity index (χ4v) is 3.56. The maximum Gasteiger partial charge on any atom is 0.226 e. The second kappa shape index (κ2) is 11.1. The maximum absolute atomic E-state index is 12.3. The minimum atomic E-state index is -0.249. The first-order valence-corrected chi connectivity index (χ1v) is 10.9. The number of Topliss-reactive ketones (excluding diaryl/α,β-unsaturated/α-hetero) is 1. The monoisotopic (exact) mass is 436 g/mol. The highest BCUT2D eigenvalue weighted by Crippen LogP contribution is 2.29. The van der Waals surface area contributed by atoms with E-state index < -0.39 is 0 Å². The number of ketones is 1. The molecule has 3 rings (SSSR count). The predicted molar refractivity (Wildman–Crippen MR) is 122 cm³/mol. The molecule has 7 heteroatoms. The van der Waals surface area contributed by atoms with Gasteiger partial charge in [-0.1, -0.05) is 30.3 Å². The lowest BCUT2D eigenvalue weighted by Gasteiger charge is -2.13. The highest BCUT2D eigenvalue weighted by molar-refractivity contribution is 7.12. The molecule has 3 aromatic rings. The minimum Gasteiger partial charge on any atom is -0.455 e. The van der Waals surface area contributed by atoms with Gasteiger partial charge in [-0.15, -0.1) is 11.3 Å². The fourth-order valence-electron chi connectivity index (χ4n) is 2.87. The molecule has 0 bridgehead atoms. The number of anilines is 1. The van der Waals surface area contributed by atoms with E-state index in [9.17, 15) is 14.4 Å². The van der Waals surface area contributed by atoms with Crippen molar-refractivity contribution >= 4 is 34.6 Å². The molecule has 2 aromatic carbocycles. The normalized spacial score (nSPS) is 10.4. The molecule has 0 saturated heterocycles. The molecular formula is C24H24N2O4S. The lowest BCUT2D eigenvalue weighted by Crippen LogP contribution is -2.27. The van der Waals surface area contributed by atoms with Crippen LogP contribution in [0.25, 0.3) is 0 Å². The number of hydrogen-bond acceptors (Lipinski definition) is 5. The van der Waals surface area contributed by atoms with Crippen LogP contribution in [0.2, 0.25) is 0 Å². The van der Waals surface area contributed by atoms with Gasteiger partial charge in [0.15, 0.2) is 11.5 Å². The van der Waals surface area contributed by atoms with Crippen molar-refractivity contribution in [1.29, 1.82) is 0 Å². The SMILES string of the molecule is Cc1cccc(Oc2ccccc2NC(=O)CCNC(=O)CCC(=O)c2cccs2)c1. The molecule has 0 atom stereocenters. The first-order chi connectivity index (χ1) is 15.0. The van der Waals surface area contributed by atoms with Crippen molar-refractivity contribution in [2.45, 2.75) is 26.2 Å². The Morgan fingerprint density at radius 3 is 2.52 bits per heavy atom. The number of rotatable bonds is 10. The van der Waals surface area contributed by atoms with Crippen LogP contribution in [-0.4, -0.2) is 24.1 Å². The van der Waals surface area contributed by atoms with E-state index in [2.05, 4.69) is 10.6 Å². The summed E-state index contributed by atoms with van der Waals surface area (Å²) in [7, 11) is 0. The van der Waals surface area contributed by atoms with E-state index in [1.807, 2.05) is 48.7 Å². The Hall–Kier alpha value is -3.45. The second-order valence-corrected chi connectivity index (χ2v) is 7.91. The molecule has 0 aliphatic heterocycles. The Morgan fingerprint density at radius 2 is 1.74 bits per heavy atom. The van der Waals surface area contributed by atoms with Crippen LogP contribution < -0.4 is 15.4 Å². The van der Waals surface area contributed by atoms with Crippen molar-refractivity contribution in [2.75, 3.05) is 11.9 Å². The summed E-state index contributed by atoms with van der Waals surface area (Å²) in [6, 6.07) is 18.4. The quantitative estimate of drug-likeness (QED) is 0.440. The highest BCUT2D eigenvalue weighted by Gasteiger charge is 2.12. The predicted octanol–water partition coefficient (Wildman–Crippen LogP) is 4.96. The van der Waals surface area contributed by atoms with Crippen LogP contribution in [-0.2, 0) is 9.59 Å². The Bertz CT molecular complexity index is 1050. The summed E-state index contributed by atoms with van der Waals surface area (Å²) in [6.45, 7) is 2.17. The smallest absolute Gasteiger partial charge is 0.226 e. The van der Waals surface area contributed by atoms with Gasteiger partial charge in [-0.2, -0.15) is 0 Å². The standard InChI is InChI=1S/C24H24N2O4S/c1-17-6-4-7-18(16-17)30-21-9-3-2-8-19(21)26-24(29)13-14-25-23(28)12-11-20(27)22-10-5-15-31-22/h2-10,15-16H,11-14H2,1H3,(H,25,28)(H,26,29). The van der Waals surface area contributed by atoms with E-state index in [1.54, 1.807) is 24.3 Å². The maximum atomic E-state index is 12.3. The van der Waals surface area contributed by atoms with Gasteiger partial charge in [-0.25, -0.2) is 0 Å². The minimum absolute atomic E-state index is 0.0480. The number of nitrogens with one attached hydrogen (secondary N) is 2. The largest absolute Gasteiger partial charge is 0.455 e. The molecular weight excluding hydrogens is 412 g/mol. The molecule has 0 saturated carbocycles.